The van der Waals surface area contributed by atoms with Crippen LogP contribution in [-0.2, 0) is 32.6 Å². The zero-order valence-corrected chi connectivity index (χ0v) is 27.5. The summed E-state index contributed by atoms with van der Waals surface area (Å²) in [5.74, 6) is -0.833. The molecule has 1 saturated carbocycles. The molecule has 1 fully saturated rings. The molecule has 1 aliphatic carbocycles. The van der Waals surface area contributed by atoms with E-state index in [1.54, 1.807) is 30.3 Å². The van der Waals surface area contributed by atoms with Crippen molar-refractivity contribution < 1.29 is 18.0 Å². The SMILES string of the molecule is CN(CC(=O)N(Cc1c(Cl)cccc1Cl)[C@H](Cc1ccccc1)C(=O)NC1CCCCC1)S(=O)(=O)c1ccc2ccccc2c1. The van der Waals surface area contributed by atoms with Crippen molar-refractivity contribution >= 4 is 55.8 Å². The van der Waals surface area contributed by atoms with E-state index in [-0.39, 0.29) is 29.8 Å². The number of rotatable bonds is 11. The smallest absolute Gasteiger partial charge is 0.243 e. The predicted octanol–water partition coefficient (Wildman–Crippen LogP) is 6.86. The Hall–Kier alpha value is -3.43. The Bertz CT molecular complexity index is 1740. The van der Waals surface area contributed by atoms with Crippen molar-refractivity contribution in [2.24, 2.45) is 0 Å². The van der Waals surface area contributed by atoms with Crippen molar-refractivity contribution in [3.63, 3.8) is 0 Å². The molecule has 0 radical (unpaired) electrons. The summed E-state index contributed by atoms with van der Waals surface area (Å²) in [4.78, 5) is 29.8. The highest BCUT2D eigenvalue weighted by molar-refractivity contribution is 7.89. The molecule has 7 nitrogen and oxygen atoms in total. The van der Waals surface area contributed by atoms with Crippen LogP contribution in [0.1, 0.15) is 43.2 Å². The van der Waals surface area contributed by atoms with E-state index in [2.05, 4.69) is 5.32 Å². The molecule has 0 saturated heterocycles. The number of sulfonamides is 1. The number of likely N-dealkylation sites (N-methyl/N-ethyl adjacent to an activating group) is 1. The summed E-state index contributed by atoms with van der Waals surface area (Å²) in [6.07, 6.45) is 5.18. The molecule has 1 aliphatic rings. The van der Waals surface area contributed by atoms with Gasteiger partial charge in [-0.15, -0.1) is 0 Å². The second-order valence-corrected chi connectivity index (χ2v) is 14.4. The van der Waals surface area contributed by atoms with Crippen LogP contribution in [0.5, 0.6) is 0 Å². The van der Waals surface area contributed by atoms with Crippen molar-refractivity contribution in [1.29, 1.82) is 0 Å². The van der Waals surface area contributed by atoms with Gasteiger partial charge >= 0.3 is 0 Å². The van der Waals surface area contributed by atoms with Gasteiger partial charge in [0.15, 0.2) is 0 Å². The molecule has 2 amide bonds. The maximum Gasteiger partial charge on any atom is 0.243 e. The van der Waals surface area contributed by atoms with E-state index in [0.29, 0.717) is 15.6 Å². The Labute approximate surface area is 275 Å². The molecule has 4 aromatic carbocycles. The molecule has 1 atom stereocenters. The maximum absolute atomic E-state index is 14.3. The molecule has 4 aromatic rings. The highest BCUT2D eigenvalue weighted by Crippen LogP contribution is 2.28. The third-order valence-electron chi connectivity index (χ3n) is 8.40. The maximum atomic E-state index is 14.3. The van der Waals surface area contributed by atoms with Crippen molar-refractivity contribution in [2.75, 3.05) is 13.6 Å². The van der Waals surface area contributed by atoms with Gasteiger partial charge in [0.25, 0.3) is 0 Å². The number of benzene rings is 4. The average Bonchev–Trinajstić information content (AvgIpc) is 3.04. The van der Waals surface area contributed by atoms with Gasteiger partial charge in [-0.25, -0.2) is 8.42 Å². The van der Waals surface area contributed by atoms with Crippen LogP contribution in [-0.4, -0.2) is 55.1 Å². The monoisotopic (exact) mass is 665 g/mol. The standard InChI is InChI=1S/C35H37Cl2N3O4S/c1-39(45(43,44)29-20-19-26-13-8-9-14-27(26)22-29)24-34(41)40(23-30-31(36)17-10-18-32(30)37)33(21-25-11-4-2-5-12-25)35(42)38-28-15-6-3-7-16-28/h2,4-5,8-14,17-20,22,28,33H,3,6-7,15-16,21,23-24H2,1H3,(H,38,42)/t33-/m1/s1. The van der Waals surface area contributed by atoms with Crippen molar-refractivity contribution in [1.82, 2.24) is 14.5 Å². The first kappa shape index (κ1) is 32.9. The summed E-state index contributed by atoms with van der Waals surface area (Å²) in [7, 11) is -2.67. The second kappa shape index (κ2) is 14.8. The van der Waals surface area contributed by atoms with E-state index in [1.165, 1.54) is 18.0 Å². The fourth-order valence-electron chi connectivity index (χ4n) is 5.83. The topological polar surface area (TPSA) is 86.8 Å². The van der Waals surface area contributed by atoms with E-state index in [0.717, 1.165) is 52.7 Å². The summed E-state index contributed by atoms with van der Waals surface area (Å²) >= 11 is 13.1. The summed E-state index contributed by atoms with van der Waals surface area (Å²) < 4.78 is 28.4. The lowest BCUT2D eigenvalue weighted by Crippen LogP contribution is -2.54. The van der Waals surface area contributed by atoms with E-state index >= 15 is 0 Å². The van der Waals surface area contributed by atoms with Crippen LogP contribution in [0.3, 0.4) is 0 Å². The number of carbonyl (C=O) groups is 2. The Balaban J connectivity index is 1.48. The molecule has 5 rings (SSSR count). The molecule has 0 heterocycles. The van der Waals surface area contributed by atoms with Gasteiger partial charge in [0.05, 0.1) is 11.4 Å². The number of nitrogens with zero attached hydrogens (tertiary/aromatic N) is 2. The summed E-state index contributed by atoms with van der Waals surface area (Å²) in [6, 6.07) is 26.0. The molecule has 0 aromatic heterocycles. The Morgan fingerprint density at radius 2 is 1.49 bits per heavy atom. The van der Waals surface area contributed by atoms with Crippen LogP contribution in [0.15, 0.2) is 95.9 Å². The van der Waals surface area contributed by atoms with E-state index < -0.39 is 28.5 Å². The van der Waals surface area contributed by atoms with Gasteiger partial charge in [-0.3, -0.25) is 9.59 Å². The molecule has 1 N–H and O–H groups in total. The van der Waals surface area contributed by atoms with Gasteiger partial charge in [-0.1, -0.05) is 109 Å². The lowest BCUT2D eigenvalue weighted by atomic mass is 9.94. The van der Waals surface area contributed by atoms with Gasteiger partial charge in [0.2, 0.25) is 21.8 Å². The first-order valence-electron chi connectivity index (χ1n) is 15.2. The normalized spacial score (nSPS) is 14.8. The molecule has 0 bridgehead atoms. The van der Waals surface area contributed by atoms with Crippen LogP contribution in [0.2, 0.25) is 10.0 Å². The number of amides is 2. The first-order valence-corrected chi connectivity index (χ1v) is 17.3. The summed E-state index contributed by atoms with van der Waals surface area (Å²) in [5.41, 5.74) is 1.35. The molecule has 236 valence electrons. The number of carbonyl (C=O) groups excluding carboxylic acids is 2. The van der Waals surface area contributed by atoms with Crippen LogP contribution in [0.4, 0.5) is 0 Å². The Kier molecular flexibility index (Phi) is 10.8. The van der Waals surface area contributed by atoms with Crippen molar-refractivity contribution in [3.8, 4) is 0 Å². The Morgan fingerprint density at radius 1 is 0.844 bits per heavy atom. The lowest BCUT2D eigenvalue weighted by molar-refractivity contribution is -0.141. The highest BCUT2D eigenvalue weighted by atomic mass is 35.5. The van der Waals surface area contributed by atoms with Gasteiger partial charge in [-0.05, 0) is 53.4 Å². The molecule has 0 spiro atoms. The minimum Gasteiger partial charge on any atom is -0.352 e. The molecular weight excluding hydrogens is 629 g/mol. The second-order valence-electron chi connectivity index (χ2n) is 11.5. The van der Waals surface area contributed by atoms with Crippen molar-refractivity contribution in [3.05, 3.63) is 112 Å². The summed E-state index contributed by atoms with van der Waals surface area (Å²) in [5, 5.41) is 5.57. The van der Waals surface area contributed by atoms with Crippen LogP contribution >= 0.6 is 23.2 Å². The fraction of sp³-hybridized carbons (Fsp3) is 0.314. The largest absolute Gasteiger partial charge is 0.352 e. The van der Waals surface area contributed by atoms with Gasteiger partial charge in [0, 0.05) is 41.7 Å². The molecular formula is C35H37Cl2N3O4S. The predicted molar refractivity (Wildman–Crippen MR) is 180 cm³/mol. The number of halogens is 2. The van der Waals surface area contributed by atoms with E-state index in [4.69, 9.17) is 23.2 Å². The minimum absolute atomic E-state index is 0.0151. The van der Waals surface area contributed by atoms with Gasteiger partial charge in [-0.2, -0.15) is 4.31 Å². The number of fused-ring (bicyclic) bond motifs is 1. The molecule has 0 aliphatic heterocycles. The third-order valence-corrected chi connectivity index (χ3v) is 10.9. The van der Waals surface area contributed by atoms with Crippen LogP contribution in [0, 0.1) is 0 Å². The third kappa shape index (κ3) is 8.05. The quantitative estimate of drug-likeness (QED) is 0.190. The number of nitrogens with one attached hydrogen (secondary N) is 1. The zero-order valence-electron chi connectivity index (χ0n) is 25.2. The van der Waals surface area contributed by atoms with Gasteiger partial charge < -0.3 is 10.2 Å². The summed E-state index contributed by atoms with van der Waals surface area (Å²) in [6.45, 7) is -0.560. The number of hydrogen-bond acceptors (Lipinski definition) is 4. The highest BCUT2D eigenvalue weighted by Gasteiger charge is 2.34. The first-order chi connectivity index (χ1) is 21.6. The Morgan fingerprint density at radius 3 is 2.18 bits per heavy atom. The molecule has 10 heteroatoms. The molecule has 45 heavy (non-hydrogen) atoms. The van der Waals surface area contributed by atoms with E-state index in [9.17, 15) is 18.0 Å². The van der Waals surface area contributed by atoms with Crippen molar-refractivity contribution in [2.45, 2.75) is 62.0 Å². The lowest BCUT2D eigenvalue weighted by Gasteiger charge is -2.34. The zero-order chi connectivity index (χ0) is 32.0. The number of hydrogen-bond donors (Lipinski definition) is 1. The van der Waals surface area contributed by atoms with Crippen LogP contribution < -0.4 is 5.32 Å². The van der Waals surface area contributed by atoms with Gasteiger partial charge in [0.1, 0.15) is 6.04 Å². The fourth-order valence-corrected chi connectivity index (χ4v) is 7.50. The molecule has 0 unspecified atom stereocenters. The van der Waals surface area contributed by atoms with Crippen LogP contribution in [0.25, 0.3) is 10.8 Å². The average molecular weight is 667 g/mol. The van der Waals surface area contributed by atoms with E-state index in [1.807, 2.05) is 54.6 Å². The minimum atomic E-state index is -4.04.